The van der Waals surface area contributed by atoms with E-state index in [1.807, 2.05) is 36.7 Å². The van der Waals surface area contributed by atoms with E-state index in [9.17, 15) is 0 Å². The molecule has 0 fully saturated rings. The second-order valence-electron chi connectivity index (χ2n) is 6.32. The Hall–Kier alpha value is -2.50. The number of fused-ring (bicyclic) bond motifs is 1. The van der Waals surface area contributed by atoms with Crippen molar-refractivity contribution in [1.82, 2.24) is 14.9 Å². The molecule has 0 saturated carbocycles. The Bertz CT molecular complexity index is 803. The minimum absolute atomic E-state index is 0.594. The lowest BCUT2D eigenvalue weighted by Gasteiger charge is -2.29. The molecule has 3 aromatic heterocycles. The van der Waals surface area contributed by atoms with Crippen molar-refractivity contribution in [3.05, 3.63) is 83.3 Å². The quantitative estimate of drug-likeness (QED) is 0.691. The highest BCUT2D eigenvalue weighted by atomic mass is 16.5. The highest BCUT2D eigenvalue weighted by Crippen LogP contribution is 2.23. The number of aromatic nitrogens is 2. The van der Waals surface area contributed by atoms with Gasteiger partial charge in [0.1, 0.15) is 5.76 Å². The van der Waals surface area contributed by atoms with Gasteiger partial charge in [-0.05, 0) is 52.9 Å². The molecule has 3 aromatic rings. The van der Waals surface area contributed by atoms with Crippen LogP contribution in [0.15, 0.2) is 59.7 Å². The molecule has 0 N–H and O–H groups in total. The second-order valence-corrected chi connectivity index (χ2v) is 6.32. The summed E-state index contributed by atoms with van der Waals surface area (Å²) in [6, 6.07) is 7.92. The highest BCUT2D eigenvalue weighted by Gasteiger charge is 2.20. The summed E-state index contributed by atoms with van der Waals surface area (Å²) in [7, 11) is 0. The van der Waals surface area contributed by atoms with Crippen LogP contribution in [0.5, 0.6) is 0 Å². The van der Waals surface area contributed by atoms with Gasteiger partial charge in [-0.1, -0.05) is 0 Å². The molecule has 0 spiro atoms. The lowest BCUT2D eigenvalue weighted by Crippen LogP contribution is -2.30. The molecule has 4 heterocycles. The number of hydrogen-bond acceptors (Lipinski definition) is 5. The first-order valence-electron chi connectivity index (χ1n) is 8.54. The largest absolute Gasteiger partial charge is 0.468 e. The predicted molar refractivity (Wildman–Crippen MR) is 93.5 cm³/mol. The number of rotatable bonds is 6. The first-order chi connectivity index (χ1) is 12.4. The topological polar surface area (TPSA) is 51.4 Å². The van der Waals surface area contributed by atoms with Crippen LogP contribution in [0.4, 0.5) is 0 Å². The van der Waals surface area contributed by atoms with E-state index in [4.69, 9.17) is 9.15 Å². The smallest absolute Gasteiger partial charge is 0.117 e. The lowest BCUT2D eigenvalue weighted by atomic mass is 9.97. The van der Waals surface area contributed by atoms with Crippen LogP contribution in [0.25, 0.3) is 0 Å². The van der Waals surface area contributed by atoms with Gasteiger partial charge in [0.25, 0.3) is 0 Å². The van der Waals surface area contributed by atoms with Crippen LogP contribution in [0.1, 0.15) is 28.0 Å². The summed E-state index contributed by atoms with van der Waals surface area (Å²) in [6.07, 6.45) is 10.2. The summed E-state index contributed by atoms with van der Waals surface area (Å²) < 4.78 is 11.3. The minimum Gasteiger partial charge on any atom is -0.468 e. The molecule has 0 unspecified atom stereocenters. The third-order valence-electron chi connectivity index (χ3n) is 4.54. The monoisotopic (exact) mass is 335 g/mol. The van der Waals surface area contributed by atoms with Gasteiger partial charge in [0.2, 0.25) is 0 Å². The Morgan fingerprint density at radius 1 is 1.08 bits per heavy atom. The highest BCUT2D eigenvalue weighted by molar-refractivity contribution is 5.33. The molecule has 4 rings (SSSR count). The average Bonchev–Trinajstić information content (AvgIpc) is 3.16. The maximum Gasteiger partial charge on any atom is 0.117 e. The Morgan fingerprint density at radius 2 is 2.00 bits per heavy atom. The maximum atomic E-state index is 5.89. The van der Waals surface area contributed by atoms with Crippen molar-refractivity contribution in [3.63, 3.8) is 0 Å². The van der Waals surface area contributed by atoms with Crippen molar-refractivity contribution in [2.75, 3.05) is 6.54 Å². The Labute approximate surface area is 147 Å². The summed E-state index contributed by atoms with van der Waals surface area (Å²) in [6.45, 7) is 3.96. The number of pyridine rings is 2. The van der Waals surface area contributed by atoms with Gasteiger partial charge < -0.3 is 9.15 Å². The van der Waals surface area contributed by atoms with Gasteiger partial charge in [0.15, 0.2) is 0 Å². The first kappa shape index (κ1) is 16.0. The summed E-state index contributed by atoms with van der Waals surface area (Å²) in [4.78, 5) is 10.8. The lowest BCUT2D eigenvalue weighted by molar-refractivity contribution is 0.105. The van der Waals surface area contributed by atoms with Crippen LogP contribution in [0.3, 0.4) is 0 Å². The van der Waals surface area contributed by atoms with E-state index in [0.717, 1.165) is 37.4 Å². The maximum absolute atomic E-state index is 5.89. The van der Waals surface area contributed by atoms with Crippen LogP contribution in [0, 0.1) is 0 Å². The number of ether oxygens (including phenoxy) is 1. The Kier molecular flexibility index (Phi) is 4.86. The summed E-state index contributed by atoms with van der Waals surface area (Å²) in [5.41, 5.74) is 5.02. The van der Waals surface area contributed by atoms with Gasteiger partial charge >= 0.3 is 0 Å². The summed E-state index contributed by atoms with van der Waals surface area (Å²) in [5, 5.41) is 0. The predicted octanol–water partition coefficient (Wildman–Crippen LogP) is 3.34. The van der Waals surface area contributed by atoms with E-state index < -0.39 is 0 Å². The normalized spacial score (nSPS) is 14.4. The van der Waals surface area contributed by atoms with Crippen molar-refractivity contribution in [2.45, 2.75) is 32.7 Å². The van der Waals surface area contributed by atoms with Crippen molar-refractivity contribution < 1.29 is 9.15 Å². The molecule has 0 amide bonds. The fourth-order valence-electron chi connectivity index (χ4n) is 3.27. The summed E-state index contributed by atoms with van der Waals surface area (Å²) in [5.74, 6) is 1.01. The van der Waals surface area contributed by atoms with Crippen LogP contribution >= 0.6 is 0 Å². The molecule has 0 bridgehead atoms. The van der Waals surface area contributed by atoms with Crippen LogP contribution < -0.4 is 0 Å². The SMILES string of the molecule is c1coc(CN2CCc3c(COCc4ccncc4)cncc3C2)c1. The standard InChI is InChI=1S/C20H21N3O2/c1-2-19(25-9-1)13-23-8-5-20-17(12-23)10-22-11-18(20)15-24-14-16-3-6-21-7-4-16/h1-4,6-7,9-11H,5,8,12-15H2. The third-order valence-corrected chi connectivity index (χ3v) is 4.54. The van der Waals surface area contributed by atoms with E-state index in [-0.39, 0.29) is 0 Å². The molecule has 128 valence electrons. The fourth-order valence-corrected chi connectivity index (χ4v) is 3.27. The first-order valence-corrected chi connectivity index (χ1v) is 8.54. The zero-order chi connectivity index (χ0) is 16.9. The third kappa shape index (κ3) is 3.95. The van der Waals surface area contributed by atoms with Crippen molar-refractivity contribution >= 4 is 0 Å². The summed E-state index contributed by atoms with van der Waals surface area (Å²) >= 11 is 0. The van der Waals surface area contributed by atoms with E-state index in [0.29, 0.717) is 13.2 Å². The number of furan rings is 1. The molecule has 25 heavy (non-hydrogen) atoms. The van der Waals surface area contributed by atoms with Crippen LogP contribution in [0.2, 0.25) is 0 Å². The molecule has 0 radical (unpaired) electrons. The molecular formula is C20H21N3O2. The average molecular weight is 335 g/mol. The molecule has 0 saturated heterocycles. The second kappa shape index (κ2) is 7.59. The zero-order valence-electron chi connectivity index (χ0n) is 14.1. The van der Waals surface area contributed by atoms with E-state index in [1.165, 1.54) is 16.7 Å². The molecule has 0 atom stereocenters. The molecular weight excluding hydrogens is 314 g/mol. The fraction of sp³-hybridized carbons (Fsp3) is 0.300. The molecule has 0 aromatic carbocycles. The molecule has 5 nitrogen and oxygen atoms in total. The Balaban J connectivity index is 1.39. The van der Waals surface area contributed by atoms with Crippen LogP contribution in [-0.2, 0) is 37.5 Å². The Morgan fingerprint density at radius 3 is 2.84 bits per heavy atom. The molecule has 0 aliphatic carbocycles. The van der Waals surface area contributed by atoms with E-state index in [1.54, 1.807) is 18.7 Å². The van der Waals surface area contributed by atoms with E-state index in [2.05, 4.69) is 14.9 Å². The van der Waals surface area contributed by atoms with Gasteiger partial charge in [-0.15, -0.1) is 0 Å². The van der Waals surface area contributed by atoms with Gasteiger partial charge in [-0.2, -0.15) is 0 Å². The van der Waals surface area contributed by atoms with Gasteiger partial charge in [0, 0.05) is 37.9 Å². The number of nitrogens with zero attached hydrogens (tertiary/aromatic N) is 3. The van der Waals surface area contributed by atoms with Crippen LogP contribution in [-0.4, -0.2) is 21.4 Å². The number of hydrogen-bond donors (Lipinski definition) is 0. The van der Waals surface area contributed by atoms with Crippen molar-refractivity contribution in [2.24, 2.45) is 0 Å². The zero-order valence-corrected chi connectivity index (χ0v) is 14.1. The van der Waals surface area contributed by atoms with Gasteiger partial charge in [0.05, 0.1) is 26.0 Å². The van der Waals surface area contributed by atoms with Gasteiger partial charge in [-0.3, -0.25) is 14.9 Å². The molecule has 5 heteroatoms. The molecule has 1 aliphatic rings. The molecule has 1 aliphatic heterocycles. The van der Waals surface area contributed by atoms with Crippen molar-refractivity contribution in [3.8, 4) is 0 Å². The van der Waals surface area contributed by atoms with Crippen molar-refractivity contribution in [1.29, 1.82) is 0 Å². The van der Waals surface area contributed by atoms with Gasteiger partial charge in [-0.25, -0.2) is 0 Å². The van der Waals surface area contributed by atoms with E-state index >= 15 is 0 Å². The minimum atomic E-state index is 0.594.